The first-order valence-electron chi connectivity index (χ1n) is 8.58. The van der Waals surface area contributed by atoms with Gasteiger partial charge >= 0.3 is 0 Å². The van der Waals surface area contributed by atoms with Crippen LogP contribution in [0.3, 0.4) is 0 Å². The summed E-state index contributed by atoms with van der Waals surface area (Å²) in [6.45, 7) is 5.76. The summed E-state index contributed by atoms with van der Waals surface area (Å²) in [6, 6.07) is 0. The average Bonchev–Trinajstić information content (AvgIpc) is 3.09. The average molecular weight is 305 g/mol. The van der Waals surface area contributed by atoms with Crippen molar-refractivity contribution < 1.29 is 9.90 Å². The van der Waals surface area contributed by atoms with Crippen LogP contribution in [0.15, 0.2) is 6.20 Å². The van der Waals surface area contributed by atoms with Gasteiger partial charge in [0.05, 0.1) is 23.6 Å². The summed E-state index contributed by atoms with van der Waals surface area (Å²) in [6.07, 6.45) is 6.70. The van der Waals surface area contributed by atoms with Crippen LogP contribution in [-0.2, 0) is 6.54 Å². The molecule has 0 radical (unpaired) electrons. The van der Waals surface area contributed by atoms with E-state index in [0.29, 0.717) is 18.4 Å². The summed E-state index contributed by atoms with van der Waals surface area (Å²) in [5.41, 5.74) is 1.84. The molecule has 5 heteroatoms. The summed E-state index contributed by atoms with van der Waals surface area (Å²) in [5.74, 6) is 1.19. The van der Waals surface area contributed by atoms with Crippen LogP contribution >= 0.6 is 0 Å². The van der Waals surface area contributed by atoms with Crippen LogP contribution in [0, 0.1) is 11.8 Å². The number of aromatic nitrogens is 2. The maximum absolute atomic E-state index is 12.5. The number of hydrogen-bond acceptors (Lipinski definition) is 3. The molecule has 122 valence electrons. The number of nitrogens with zero attached hydrogens (tertiary/aromatic N) is 2. The van der Waals surface area contributed by atoms with Crippen molar-refractivity contribution in [3.05, 3.63) is 17.5 Å². The van der Waals surface area contributed by atoms with Crippen LogP contribution in [0.5, 0.6) is 0 Å². The number of carbonyl (C=O) groups is 1. The Hall–Kier alpha value is -1.36. The van der Waals surface area contributed by atoms with Gasteiger partial charge in [-0.1, -0.05) is 20.3 Å². The Kier molecular flexibility index (Phi) is 4.52. The molecule has 0 aliphatic heterocycles. The molecular formula is C17H27N3O2. The monoisotopic (exact) mass is 305 g/mol. The Labute approximate surface area is 132 Å². The molecule has 2 N–H and O–H groups in total. The van der Waals surface area contributed by atoms with Crippen LogP contribution < -0.4 is 5.32 Å². The minimum Gasteiger partial charge on any atom is -0.393 e. The zero-order valence-electron chi connectivity index (χ0n) is 13.6. The zero-order valence-corrected chi connectivity index (χ0v) is 13.6. The standard InChI is InChI=1S/C17H27N3O2/c1-11(2)10-20-16(12-6-7-12)14(9-19-20)17(22)18-8-13-4-3-5-15(13)21/h9,11-13,15,21H,3-8,10H2,1-2H3,(H,18,22). The van der Waals surface area contributed by atoms with Crippen molar-refractivity contribution in [2.75, 3.05) is 6.54 Å². The second kappa shape index (κ2) is 6.41. The number of rotatable bonds is 6. The third kappa shape index (κ3) is 3.35. The van der Waals surface area contributed by atoms with Gasteiger partial charge in [-0.2, -0.15) is 5.10 Å². The van der Waals surface area contributed by atoms with Gasteiger partial charge in [-0.05, 0) is 31.6 Å². The van der Waals surface area contributed by atoms with Crippen molar-refractivity contribution in [3.63, 3.8) is 0 Å². The lowest BCUT2D eigenvalue weighted by molar-refractivity contribution is 0.0915. The molecule has 5 nitrogen and oxygen atoms in total. The quantitative estimate of drug-likeness (QED) is 0.847. The van der Waals surface area contributed by atoms with Gasteiger partial charge in [0.25, 0.3) is 5.91 Å². The Morgan fingerprint density at radius 1 is 1.41 bits per heavy atom. The minimum absolute atomic E-state index is 0.0315. The number of aliphatic hydroxyl groups excluding tert-OH is 1. The normalized spacial score (nSPS) is 24.9. The number of nitrogens with one attached hydrogen (secondary N) is 1. The first-order chi connectivity index (χ1) is 10.6. The van der Waals surface area contributed by atoms with Gasteiger partial charge in [0.1, 0.15) is 0 Å². The predicted octanol–water partition coefficient (Wildman–Crippen LogP) is 2.31. The third-order valence-electron chi connectivity index (χ3n) is 4.77. The highest BCUT2D eigenvalue weighted by atomic mass is 16.3. The summed E-state index contributed by atoms with van der Waals surface area (Å²) in [4.78, 5) is 12.5. The molecule has 2 atom stereocenters. The van der Waals surface area contributed by atoms with E-state index >= 15 is 0 Å². The van der Waals surface area contributed by atoms with Crippen LogP contribution in [0.25, 0.3) is 0 Å². The lowest BCUT2D eigenvalue weighted by atomic mass is 10.1. The van der Waals surface area contributed by atoms with Gasteiger partial charge in [0, 0.05) is 24.9 Å². The molecule has 0 saturated heterocycles. The van der Waals surface area contributed by atoms with Gasteiger partial charge in [0.15, 0.2) is 0 Å². The van der Waals surface area contributed by atoms with E-state index < -0.39 is 0 Å². The Morgan fingerprint density at radius 3 is 2.77 bits per heavy atom. The molecule has 22 heavy (non-hydrogen) atoms. The highest BCUT2D eigenvalue weighted by molar-refractivity contribution is 5.95. The van der Waals surface area contributed by atoms with E-state index in [1.54, 1.807) is 6.20 Å². The molecule has 2 saturated carbocycles. The SMILES string of the molecule is CC(C)Cn1ncc(C(=O)NCC2CCCC2O)c1C1CC1. The highest BCUT2D eigenvalue weighted by Crippen LogP contribution is 2.41. The second-order valence-electron chi connectivity index (χ2n) is 7.26. The molecular weight excluding hydrogens is 278 g/mol. The van der Waals surface area contributed by atoms with Crippen molar-refractivity contribution in [2.45, 2.75) is 64.5 Å². The Morgan fingerprint density at radius 2 is 2.18 bits per heavy atom. The molecule has 3 rings (SSSR count). The molecule has 2 unspecified atom stereocenters. The van der Waals surface area contributed by atoms with Crippen LogP contribution in [0.4, 0.5) is 0 Å². The molecule has 2 aliphatic carbocycles. The van der Waals surface area contributed by atoms with Crippen molar-refractivity contribution in [1.82, 2.24) is 15.1 Å². The van der Waals surface area contributed by atoms with Crippen molar-refractivity contribution in [2.24, 2.45) is 11.8 Å². The van der Waals surface area contributed by atoms with Crippen molar-refractivity contribution in [3.8, 4) is 0 Å². The van der Waals surface area contributed by atoms with E-state index in [2.05, 4.69) is 24.3 Å². The van der Waals surface area contributed by atoms with Gasteiger partial charge in [-0.25, -0.2) is 0 Å². The van der Waals surface area contributed by atoms with Crippen molar-refractivity contribution in [1.29, 1.82) is 0 Å². The fraction of sp³-hybridized carbons (Fsp3) is 0.765. The number of amides is 1. The zero-order chi connectivity index (χ0) is 15.7. The Balaban J connectivity index is 1.68. The molecule has 2 aliphatic rings. The number of hydrogen-bond donors (Lipinski definition) is 2. The van der Waals surface area contributed by atoms with Gasteiger partial charge in [-0.15, -0.1) is 0 Å². The maximum Gasteiger partial charge on any atom is 0.254 e. The van der Waals surface area contributed by atoms with Gasteiger partial charge in [0.2, 0.25) is 0 Å². The molecule has 1 aromatic heterocycles. The van der Waals surface area contributed by atoms with E-state index in [0.717, 1.165) is 49.9 Å². The summed E-state index contributed by atoms with van der Waals surface area (Å²) < 4.78 is 2.02. The fourth-order valence-corrected chi connectivity index (χ4v) is 3.42. The van der Waals surface area contributed by atoms with E-state index in [1.807, 2.05) is 4.68 Å². The largest absolute Gasteiger partial charge is 0.393 e. The highest BCUT2D eigenvalue weighted by Gasteiger charge is 2.33. The van der Waals surface area contributed by atoms with Gasteiger partial charge in [-0.3, -0.25) is 9.48 Å². The predicted molar refractivity (Wildman–Crippen MR) is 84.7 cm³/mol. The van der Waals surface area contributed by atoms with E-state index in [9.17, 15) is 9.90 Å². The molecule has 1 heterocycles. The molecule has 2 fully saturated rings. The summed E-state index contributed by atoms with van der Waals surface area (Å²) in [5, 5.41) is 17.3. The Bertz CT molecular complexity index is 534. The fourth-order valence-electron chi connectivity index (χ4n) is 3.42. The molecule has 0 aromatic carbocycles. The van der Waals surface area contributed by atoms with Crippen LogP contribution in [0.1, 0.15) is 67.9 Å². The van der Waals surface area contributed by atoms with Crippen LogP contribution in [-0.4, -0.2) is 33.4 Å². The first kappa shape index (κ1) is 15.5. The maximum atomic E-state index is 12.5. The van der Waals surface area contributed by atoms with E-state index in [-0.39, 0.29) is 17.9 Å². The number of carbonyl (C=O) groups excluding carboxylic acids is 1. The second-order valence-corrected chi connectivity index (χ2v) is 7.26. The van der Waals surface area contributed by atoms with Gasteiger partial charge < -0.3 is 10.4 Å². The molecule has 0 bridgehead atoms. The molecule has 1 amide bonds. The smallest absolute Gasteiger partial charge is 0.254 e. The minimum atomic E-state index is -0.258. The molecule has 0 spiro atoms. The third-order valence-corrected chi connectivity index (χ3v) is 4.77. The molecule has 1 aromatic rings. The van der Waals surface area contributed by atoms with E-state index in [4.69, 9.17) is 0 Å². The van der Waals surface area contributed by atoms with Crippen LogP contribution in [0.2, 0.25) is 0 Å². The lowest BCUT2D eigenvalue weighted by Gasteiger charge is -2.15. The summed E-state index contributed by atoms with van der Waals surface area (Å²) in [7, 11) is 0. The first-order valence-corrected chi connectivity index (χ1v) is 8.58. The number of aliphatic hydroxyl groups is 1. The lowest BCUT2D eigenvalue weighted by Crippen LogP contribution is -2.32. The summed E-state index contributed by atoms with van der Waals surface area (Å²) >= 11 is 0. The van der Waals surface area contributed by atoms with E-state index in [1.165, 1.54) is 0 Å². The van der Waals surface area contributed by atoms with Crippen molar-refractivity contribution >= 4 is 5.91 Å². The topological polar surface area (TPSA) is 67.2 Å².